The van der Waals surface area contributed by atoms with Gasteiger partial charge in [-0.2, -0.15) is 0 Å². The van der Waals surface area contributed by atoms with Crippen LogP contribution in [0.1, 0.15) is 27.3 Å². The summed E-state index contributed by atoms with van der Waals surface area (Å²) >= 11 is 1.33. The maximum atomic E-state index is 12.1. The van der Waals surface area contributed by atoms with E-state index in [0.29, 0.717) is 52.7 Å². The standard InChI is InChI=1S/C23H29N7O4S/c1-25-23-28-17(20(24)31)19(35-23)22-27-16-14(21-26-6-8-30(21)22)4-5-15(18(16)32-2)34-11-3-7-29-9-12-33-13-10-29/h4-5H,3,6-13H2,1-2H3,(H2,24,31)(H,25,28). The van der Waals surface area contributed by atoms with Crippen molar-refractivity contribution in [2.45, 2.75) is 6.42 Å². The number of hydrogen-bond acceptors (Lipinski definition) is 11. The lowest BCUT2D eigenvalue weighted by molar-refractivity contribution is 0.0357. The monoisotopic (exact) mass is 499 g/mol. The van der Waals surface area contributed by atoms with Crippen molar-refractivity contribution in [3.05, 3.63) is 28.3 Å². The number of ether oxygens (including phenoxy) is 3. The summed E-state index contributed by atoms with van der Waals surface area (Å²) in [4.78, 5) is 31.1. The number of anilines is 1. The number of nitrogens with zero attached hydrogens (tertiary/aromatic N) is 5. The van der Waals surface area contributed by atoms with Gasteiger partial charge in [-0.25, -0.2) is 9.98 Å². The number of carbonyl (C=O) groups is 1. The normalized spacial score (nSPS) is 17.4. The summed E-state index contributed by atoms with van der Waals surface area (Å²) in [6.45, 7) is 6.28. The lowest BCUT2D eigenvalue weighted by Crippen LogP contribution is -2.38. The molecule has 1 amide bonds. The number of nitrogens with two attached hydrogens (primary N) is 1. The van der Waals surface area contributed by atoms with Crippen LogP contribution in [-0.4, -0.2) is 99.1 Å². The molecule has 0 radical (unpaired) electrons. The van der Waals surface area contributed by atoms with E-state index in [1.165, 1.54) is 11.3 Å². The molecule has 1 aromatic carbocycles. The van der Waals surface area contributed by atoms with Crippen molar-refractivity contribution < 1.29 is 19.0 Å². The van der Waals surface area contributed by atoms with Crippen molar-refractivity contribution in [3.8, 4) is 11.5 Å². The third-order valence-electron chi connectivity index (χ3n) is 6.11. The summed E-state index contributed by atoms with van der Waals surface area (Å²) in [5, 5.41) is 3.57. The molecule has 0 aliphatic carbocycles. The molecule has 12 heteroatoms. The number of morpholine rings is 1. The molecule has 11 nitrogen and oxygen atoms in total. The molecule has 0 bridgehead atoms. The Kier molecular flexibility index (Phi) is 6.84. The number of primary amides is 1. The van der Waals surface area contributed by atoms with Crippen molar-refractivity contribution in [1.82, 2.24) is 14.8 Å². The number of carbonyl (C=O) groups excluding carboxylic acids is 1. The van der Waals surface area contributed by atoms with Gasteiger partial charge in [-0.3, -0.25) is 14.7 Å². The highest BCUT2D eigenvalue weighted by Gasteiger charge is 2.35. The quantitative estimate of drug-likeness (QED) is 0.498. The number of hydrogen-bond donors (Lipinski definition) is 2. The second kappa shape index (κ2) is 10.2. The van der Waals surface area contributed by atoms with Crippen LogP contribution < -0.4 is 20.5 Å². The highest BCUT2D eigenvalue weighted by atomic mass is 32.1. The Hall–Kier alpha value is -3.22. The summed E-state index contributed by atoms with van der Waals surface area (Å²) in [7, 11) is 3.36. The first-order chi connectivity index (χ1) is 17.1. The minimum Gasteiger partial charge on any atom is -0.491 e. The fourth-order valence-electron chi connectivity index (χ4n) is 4.42. The van der Waals surface area contributed by atoms with E-state index in [-0.39, 0.29) is 5.69 Å². The van der Waals surface area contributed by atoms with Gasteiger partial charge in [0.1, 0.15) is 16.4 Å². The van der Waals surface area contributed by atoms with Gasteiger partial charge in [-0.15, -0.1) is 0 Å². The molecule has 3 aliphatic rings. The fourth-order valence-corrected chi connectivity index (χ4v) is 5.34. The van der Waals surface area contributed by atoms with Crippen LogP contribution in [0, 0.1) is 0 Å². The van der Waals surface area contributed by atoms with Crippen LogP contribution in [0.3, 0.4) is 0 Å². The lowest BCUT2D eigenvalue weighted by Gasteiger charge is -2.28. The highest BCUT2D eigenvalue weighted by molar-refractivity contribution is 7.18. The van der Waals surface area contributed by atoms with Crippen LogP contribution in [0.15, 0.2) is 22.1 Å². The number of amidine groups is 2. The third-order valence-corrected chi connectivity index (χ3v) is 7.18. The van der Waals surface area contributed by atoms with Crippen LogP contribution in [-0.2, 0) is 4.74 Å². The van der Waals surface area contributed by atoms with Crippen molar-refractivity contribution in [2.75, 3.05) is 72.0 Å². The Morgan fingerprint density at radius 3 is 2.83 bits per heavy atom. The second-order valence-corrected chi connectivity index (χ2v) is 9.25. The first kappa shape index (κ1) is 23.5. The first-order valence-electron chi connectivity index (χ1n) is 11.6. The third kappa shape index (κ3) is 4.56. The van der Waals surface area contributed by atoms with Gasteiger partial charge in [0.05, 0.1) is 33.5 Å². The zero-order valence-electron chi connectivity index (χ0n) is 19.9. The van der Waals surface area contributed by atoms with Crippen molar-refractivity contribution >= 4 is 39.7 Å². The highest BCUT2D eigenvalue weighted by Crippen LogP contribution is 2.44. The van der Waals surface area contributed by atoms with Gasteiger partial charge in [0, 0.05) is 38.8 Å². The van der Waals surface area contributed by atoms with E-state index in [1.807, 2.05) is 17.0 Å². The zero-order chi connectivity index (χ0) is 24.4. The van der Waals surface area contributed by atoms with E-state index in [2.05, 4.69) is 15.2 Å². The van der Waals surface area contributed by atoms with E-state index in [0.717, 1.165) is 50.7 Å². The largest absolute Gasteiger partial charge is 0.491 e. The summed E-state index contributed by atoms with van der Waals surface area (Å²) in [6.07, 6.45) is 0.894. The number of aliphatic imine (C=N–C) groups is 2. The molecule has 2 aromatic rings. The van der Waals surface area contributed by atoms with Gasteiger partial charge in [0.2, 0.25) is 0 Å². The van der Waals surface area contributed by atoms with E-state index >= 15 is 0 Å². The average molecular weight is 500 g/mol. The molecule has 3 N–H and O–H groups in total. The topological polar surface area (TPSA) is 127 Å². The maximum absolute atomic E-state index is 12.1. The molecular formula is C23H29N7O4S. The molecule has 0 saturated carbocycles. The number of amides is 1. The Morgan fingerprint density at radius 2 is 2.09 bits per heavy atom. The fraction of sp³-hybridized carbons (Fsp3) is 0.478. The van der Waals surface area contributed by atoms with E-state index in [9.17, 15) is 4.79 Å². The molecule has 4 heterocycles. The van der Waals surface area contributed by atoms with Gasteiger partial charge >= 0.3 is 0 Å². The summed E-state index contributed by atoms with van der Waals surface area (Å²) < 4.78 is 17.3. The van der Waals surface area contributed by atoms with Crippen LogP contribution in [0.25, 0.3) is 0 Å². The Labute approximate surface area is 207 Å². The number of fused-ring (bicyclic) bond motifs is 3. The van der Waals surface area contributed by atoms with E-state index < -0.39 is 5.91 Å². The van der Waals surface area contributed by atoms with Gasteiger partial charge in [-0.1, -0.05) is 11.3 Å². The zero-order valence-corrected chi connectivity index (χ0v) is 20.7. The molecule has 35 heavy (non-hydrogen) atoms. The number of benzene rings is 1. The van der Waals surface area contributed by atoms with Crippen molar-refractivity contribution in [3.63, 3.8) is 0 Å². The number of thiazole rings is 1. The minimum absolute atomic E-state index is 0.183. The number of rotatable bonds is 9. The van der Waals surface area contributed by atoms with Crippen LogP contribution >= 0.6 is 11.3 Å². The molecule has 0 spiro atoms. The van der Waals surface area contributed by atoms with Crippen LogP contribution in [0.2, 0.25) is 0 Å². The molecular weight excluding hydrogens is 470 g/mol. The minimum atomic E-state index is -0.603. The molecule has 1 aromatic heterocycles. The van der Waals surface area contributed by atoms with Crippen LogP contribution in [0.5, 0.6) is 11.5 Å². The van der Waals surface area contributed by atoms with E-state index in [1.54, 1.807) is 14.2 Å². The van der Waals surface area contributed by atoms with Gasteiger partial charge < -0.3 is 30.2 Å². The predicted octanol–water partition coefficient (Wildman–Crippen LogP) is 1.55. The molecule has 1 fully saturated rings. The SMILES string of the molecule is CNc1nc(C(N)=O)c(C2=Nc3c(ccc(OCCCN4CCOCC4)c3OC)C3=NCCN32)s1. The average Bonchev–Trinajstić information content (AvgIpc) is 3.54. The second-order valence-electron chi connectivity index (χ2n) is 8.25. The van der Waals surface area contributed by atoms with Crippen molar-refractivity contribution in [1.29, 1.82) is 0 Å². The van der Waals surface area contributed by atoms with Gasteiger partial charge in [-0.05, 0) is 18.6 Å². The molecule has 186 valence electrons. The summed E-state index contributed by atoms with van der Waals surface area (Å²) in [5.74, 6) is 1.94. The van der Waals surface area contributed by atoms with Crippen LogP contribution in [0.4, 0.5) is 10.8 Å². The van der Waals surface area contributed by atoms with Gasteiger partial charge in [0.25, 0.3) is 5.91 Å². The van der Waals surface area contributed by atoms with Crippen molar-refractivity contribution in [2.24, 2.45) is 15.7 Å². The van der Waals surface area contributed by atoms with Gasteiger partial charge in [0.15, 0.2) is 28.2 Å². The molecule has 1 saturated heterocycles. The smallest absolute Gasteiger partial charge is 0.269 e. The first-order valence-corrected chi connectivity index (χ1v) is 12.5. The summed E-state index contributed by atoms with van der Waals surface area (Å²) in [5.41, 5.74) is 7.31. The number of aromatic nitrogens is 1. The molecule has 0 unspecified atom stereocenters. The molecule has 3 aliphatic heterocycles. The van der Waals surface area contributed by atoms with E-state index in [4.69, 9.17) is 29.9 Å². The number of methoxy groups -OCH3 is 1. The Morgan fingerprint density at radius 1 is 1.26 bits per heavy atom. The molecule has 0 atom stereocenters. The molecule has 5 rings (SSSR count). The Bertz CT molecular complexity index is 1170. The number of nitrogens with one attached hydrogen (secondary N) is 1. The maximum Gasteiger partial charge on any atom is 0.269 e. The predicted molar refractivity (Wildman–Crippen MR) is 135 cm³/mol. The lowest BCUT2D eigenvalue weighted by atomic mass is 10.1. The summed E-state index contributed by atoms with van der Waals surface area (Å²) in [6, 6.07) is 3.87. The Balaban J connectivity index is 1.45.